The van der Waals surface area contributed by atoms with Crippen LogP contribution in [-0.2, 0) is 0 Å². The van der Waals surface area contributed by atoms with Gasteiger partial charge in [-0.25, -0.2) is 0 Å². The zero-order valence-electron chi connectivity index (χ0n) is 6.48. The molecule has 0 bridgehead atoms. The van der Waals surface area contributed by atoms with Gasteiger partial charge in [0.1, 0.15) is 0 Å². The minimum absolute atomic E-state index is 0.613. The summed E-state index contributed by atoms with van der Waals surface area (Å²) in [6.45, 7) is 4.20. The van der Waals surface area contributed by atoms with E-state index in [9.17, 15) is 0 Å². The molecule has 0 aliphatic heterocycles. The minimum Gasteiger partial charge on any atom is -0.380 e. The molecule has 0 heterocycles. The molecule has 0 spiro atoms. The highest BCUT2D eigenvalue weighted by atomic mass is 127. The lowest BCUT2D eigenvalue weighted by molar-refractivity contribution is 1.31. The van der Waals surface area contributed by atoms with Crippen LogP contribution in [-0.4, -0.2) is 6.54 Å². The summed E-state index contributed by atoms with van der Waals surface area (Å²) >= 11 is 7.87. The molecule has 0 aliphatic carbocycles. The predicted octanol–water partition coefficient (Wildman–Crippen LogP) is 3.46. The average molecular weight is 294 g/mol. The highest BCUT2D eigenvalue weighted by Gasteiger charge is 1.91. The van der Waals surface area contributed by atoms with E-state index in [1.54, 1.807) is 0 Å². The molecule has 3 heteroatoms. The third kappa shape index (κ3) is 3.45. The molecule has 0 saturated carbocycles. The van der Waals surface area contributed by atoms with Crippen LogP contribution in [0.5, 0.6) is 0 Å². The van der Waals surface area contributed by atoms with E-state index in [0.717, 1.165) is 5.69 Å². The van der Waals surface area contributed by atoms with Gasteiger partial charge < -0.3 is 5.32 Å². The molecule has 1 aromatic carbocycles. The number of nitrogens with one attached hydrogen (secondary N) is 1. The van der Waals surface area contributed by atoms with Crippen LogP contribution < -0.4 is 5.32 Å². The number of anilines is 1. The standard InChI is InChI=1S/C9H9ClIN/c1-7(10)6-12-9-4-2-8(11)3-5-9/h2-5,12H,1,6H2. The molecule has 0 saturated heterocycles. The van der Waals surface area contributed by atoms with Crippen molar-refractivity contribution in [1.82, 2.24) is 0 Å². The van der Waals surface area contributed by atoms with E-state index in [2.05, 4.69) is 34.5 Å². The lowest BCUT2D eigenvalue weighted by atomic mass is 10.3. The van der Waals surface area contributed by atoms with E-state index in [-0.39, 0.29) is 0 Å². The normalized spacial score (nSPS) is 9.50. The van der Waals surface area contributed by atoms with Crippen LogP contribution in [0.1, 0.15) is 0 Å². The first-order chi connectivity index (χ1) is 5.68. The Balaban J connectivity index is 2.53. The molecule has 0 aliphatic rings. The Morgan fingerprint density at radius 2 is 2.00 bits per heavy atom. The van der Waals surface area contributed by atoms with Crippen molar-refractivity contribution in [2.24, 2.45) is 0 Å². The molecule has 1 N–H and O–H groups in total. The number of halogens is 2. The van der Waals surface area contributed by atoms with Crippen LogP contribution in [0.25, 0.3) is 0 Å². The van der Waals surface area contributed by atoms with Gasteiger partial charge in [-0.05, 0) is 46.9 Å². The van der Waals surface area contributed by atoms with Crippen molar-refractivity contribution in [2.75, 3.05) is 11.9 Å². The second-order valence-corrected chi connectivity index (χ2v) is 4.16. The summed E-state index contributed by atoms with van der Waals surface area (Å²) in [5.74, 6) is 0. The molecule has 0 unspecified atom stereocenters. The van der Waals surface area contributed by atoms with Gasteiger partial charge in [0.05, 0.1) is 6.54 Å². The molecule has 12 heavy (non-hydrogen) atoms. The van der Waals surface area contributed by atoms with Crippen molar-refractivity contribution in [3.8, 4) is 0 Å². The number of hydrogen-bond donors (Lipinski definition) is 1. The van der Waals surface area contributed by atoms with Crippen molar-refractivity contribution < 1.29 is 0 Å². The predicted molar refractivity (Wildman–Crippen MR) is 62.6 cm³/mol. The molecule has 0 aromatic heterocycles. The number of benzene rings is 1. The summed E-state index contributed by atoms with van der Waals surface area (Å²) in [5, 5.41) is 3.76. The number of rotatable bonds is 3. The molecule has 1 nitrogen and oxygen atoms in total. The Hall–Kier alpha value is -0.220. The highest BCUT2D eigenvalue weighted by molar-refractivity contribution is 14.1. The van der Waals surface area contributed by atoms with Crippen LogP contribution in [0.15, 0.2) is 35.9 Å². The fraction of sp³-hybridized carbons (Fsp3) is 0.111. The third-order valence-corrected chi connectivity index (χ3v) is 2.18. The topological polar surface area (TPSA) is 12.0 Å². The summed E-state index contributed by atoms with van der Waals surface area (Å²) in [7, 11) is 0. The average Bonchev–Trinajstić information content (AvgIpc) is 2.03. The van der Waals surface area contributed by atoms with Crippen molar-refractivity contribution in [3.05, 3.63) is 39.4 Å². The molecule has 64 valence electrons. The SMILES string of the molecule is C=C(Cl)CNc1ccc(I)cc1. The van der Waals surface area contributed by atoms with E-state index >= 15 is 0 Å². The van der Waals surface area contributed by atoms with Crippen LogP contribution in [0.2, 0.25) is 0 Å². The Morgan fingerprint density at radius 3 is 2.50 bits per heavy atom. The first-order valence-corrected chi connectivity index (χ1v) is 4.97. The van der Waals surface area contributed by atoms with Crippen LogP contribution >= 0.6 is 34.2 Å². The van der Waals surface area contributed by atoms with Gasteiger partial charge in [-0.1, -0.05) is 18.2 Å². The highest BCUT2D eigenvalue weighted by Crippen LogP contribution is 2.11. The lowest BCUT2D eigenvalue weighted by Gasteiger charge is -2.03. The van der Waals surface area contributed by atoms with Gasteiger partial charge in [0.25, 0.3) is 0 Å². The molecular formula is C9H9ClIN. The maximum Gasteiger partial charge on any atom is 0.0501 e. The van der Waals surface area contributed by atoms with Crippen molar-refractivity contribution in [3.63, 3.8) is 0 Å². The zero-order valence-corrected chi connectivity index (χ0v) is 9.39. The number of hydrogen-bond acceptors (Lipinski definition) is 1. The molecule has 1 rings (SSSR count). The second-order valence-electron chi connectivity index (χ2n) is 2.38. The summed E-state index contributed by atoms with van der Waals surface area (Å²) in [5.41, 5.74) is 1.07. The van der Waals surface area contributed by atoms with E-state index in [4.69, 9.17) is 11.6 Å². The van der Waals surface area contributed by atoms with Gasteiger partial charge in [0, 0.05) is 14.3 Å². The second kappa shape index (κ2) is 4.72. The molecule has 0 amide bonds. The van der Waals surface area contributed by atoms with Gasteiger partial charge in [-0.3, -0.25) is 0 Å². The molecule has 1 aromatic rings. The molecule has 0 radical (unpaired) electrons. The summed E-state index contributed by atoms with van der Waals surface area (Å²) in [4.78, 5) is 0. The molecule has 0 fully saturated rings. The smallest absolute Gasteiger partial charge is 0.0501 e. The van der Waals surface area contributed by atoms with Crippen molar-refractivity contribution in [2.45, 2.75) is 0 Å². The molecule has 0 atom stereocenters. The van der Waals surface area contributed by atoms with Gasteiger partial charge in [-0.15, -0.1) is 0 Å². The van der Waals surface area contributed by atoms with E-state index < -0.39 is 0 Å². The Bertz CT molecular complexity index is 268. The fourth-order valence-corrected chi connectivity index (χ4v) is 1.19. The summed E-state index contributed by atoms with van der Waals surface area (Å²) < 4.78 is 1.22. The first-order valence-electron chi connectivity index (χ1n) is 3.51. The summed E-state index contributed by atoms with van der Waals surface area (Å²) in [6.07, 6.45) is 0. The largest absolute Gasteiger partial charge is 0.380 e. The Labute approximate surface area is 91.0 Å². The fourth-order valence-electron chi connectivity index (χ4n) is 0.766. The van der Waals surface area contributed by atoms with Gasteiger partial charge in [0.2, 0.25) is 0 Å². The van der Waals surface area contributed by atoms with Gasteiger partial charge >= 0.3 is 0 Å². The van der Waals surface area contributed by atoms with Crippen LogP contribution in [0.3, 0.4) is 0 Å². The van der Waals surface area contributed by atoms with E-state index in [0.29, 0.717) is 11.6 Å². The first kappa shape index (κ1) is 9.86. The van der Waals surface area contributed by atoms with Crippen LogP contribution in [0, 0.1) is 3.57 Å². The van der Waals surface area contributed by atoms with E-state index in [1.807, 2.05) is 24.3 Å². The third-order valence-electron chi connectivity index (χ3n) is 1.33. The maximum atomic E-state index is 5.60. The quantitative estimate of drug-likeness (QED) is 0.842. The molecular weight excluding hydrogens is 284 g/mol. The zero-order chi connectivity index (χ0) is 8.97. The van der Waals surface area contributed by atoms with Gasteiger partial charge in [0.15, 0.2) is 0 Å². The Kier molecular flexibility index (Phi) is 3.88. The monoisotopic (exact) mass is 293 g/mol. The van der Waals surface area contributed by atoms with Crippen molar-refractivity contribution in [1.29, 1.82) is 0 Å². The van der Waals surface area contributed by atoms with E-state index in [1.165, 1.54) is 3.57 Å². The summed E-state index contributed by atoms with van der Waals surface area (Å²) in [6, 6.07) is 8.11. The maximum absolute atomic E-state index is 5.60. The van der Waals surface area contributed by atoms with Crippen molar-refractivity contribution >= 4 is 39.9 Å². The van der Waals surface area contributed by atoms with Gasteiger partial charge in [-0.2, -0.15) is 0 Å². The van der Waals surface area contributed by atoms with Crippen LogP contribution in [0.4, 0.5) is 5.69 Å². The Morgan fingerprint density at radius 1 is 1.42 bits per heavy atom. The minimum atomic E-state index is 0.613. The lowest BCUT2D eigenvalue weighted by Crippen LogP contribution is -2.00.